The van der Waals surface area contributed by atoms with Gasteiger partial charge in [-0.15, -0.1) is 0 Å². The molecular formula is C20H23NO7S. The van der Waals surface area contributed by atoms with E-state index in [0.29, 0.717) is 16.8 Å². The summed E-state index contributed by atoms with van der Waals surface area (Å²) in [6.45, 7) is 4.63. The van der Waals surface area contributed by atoms with E-state index in [2.05, 4.69) is 4.98 Å². The lowest BCUT2D eigenvalue weighted by Gasteiger charge is -2.06. The molecule has 2 aromatic rings. The fourth-order valence-corrected chi connectivity index (χ4v) is 3.70. The van der Waals surface area contributed by atoms with Crippen LogP contribution in [0.25, 0.3) is 0 Å². The molecule has 1 aromatic carbocycles. The number of hydrogen-bond donors (Lipinski definition) is 1. The third-order valence-corrected chi connectivity index (χ3v) is 4.98. The van der Waals surface area contributed by atoms with Crippen LogP contribution in [0.15, 0.2) is 24.3 Å². The van der Waals surface area contributed by atoms with Crippen molar-refractivity contribution in [2.75, 3.05) is 19.5 Å². The van der Waals surface area contributed by atoms with Crippen LogP contribution in [0.5, 0.6) is 0 Å². The zero-order chi connectivity index (χ0) is 21.8. The lowest BCUT2D eigenvalue weighted by atomic mass is 10.1. The molecule has 0 bridgehead atoms. The molecule has 9 heteroatoms. The van der Waals surface area contributed by atoms with Gasteiger partial charge in [-0.3, -0.25) is 4.79 Å². The molecule has 156 valence electrons. The summed E-state index contributed by atoms with van der Waals surface area (Å²) < 4.78 is 32.9. The summed E-state index contributed by atoms with van der Waals surface area (Å²) in [7, 11) is -3.25. The van der Waals surface area contributed by atoms with Gasteiger partial charge in [0.2, 0.25) is 5.78 Å². The van der Waals surface area contributed by atoms with Gasteiger partial charge in [-0.05, 0) is 44.0 Å². The Morgan fingerprint density at radius 1 is 1.07 bits per heavy atom. The maximum atomic E-state index is 12.5. The highest BCUT2D eigenvalue weighted by Crippen LogP contribution is 2.20. The highest BCUT2D eigenvalue weighted by molar-refractivity contribution is 7.89. The largest absolute Gasteiger partial charge is 0.462 e. The number of rotatable bonds is 8. The molecule has 1 heterocycles. The zero-order valence-electron chi connectivity index (χ0n) is 16.7. The quantitative estimate of drug-likeness (QED) is 0.513. The average molecular weight is 421 g/mol. The summed E-state index contributed by atoms with van der Waals surface area (Å²) in [6, 6.07) is 6.02. The number of H-pyrrole nitrogens is 1. The average Bonchev–Trinajstić information content (AvgIpc) is 2.92. The second-order valence-corrected chi connectivity index (χ2v) is 8.76. The van der Waals surface area contributed by atoms with Crippen molar-refractivity contribution >= 4 is 27.6 Å². The Morgan fingerprint density at radius 2 is 1.76 bits per heavy atom. The monoisotopic (exact) mass is 421 g/mol. The summed E-state index contributed by atoms with van der Waals surface area (Å²) in [5.74, 6) is -1.98. The molecule has 0 saturated carbocycles. The molecular weight excluding hydrogens is 398 g/mol. The second kappa shape index (κ2) is 9.04. The number of aryl methyl sites for hydroxylation is 1. The molecule has 0 aliphatic heterocycles. The first-order chi connectivity index (χ1) is 13.5. The number of esters is 2. The van der Waals surface area contributed by atoms with Crippen LogP contribution < -0.4 is 0 Å². The minimum absolute atomic E-state index is 0.144. The first kappa shape index (κ1) is 22.4. The molecule has 1 aromatic heterocycles. The molecule has 0 unspecified atom stereocenters. The number of sulfone groups is 1. The molecule has 0 aliphatic rings. The number of aromatic amines is 1. The fourth-order valence-electron chi connectivity index (χ4n) is 2.92. The standard InChI is InChI=1S/C20H23NO7S/c1-5-27-20(24)17-12(2)18(21-13(17)3)16(22)10-28-19(23)15-8-6-7-14(9-15)11-29(4,25)26/h6-9,21H,5,10-11H2,1-4H3. The highest BCUT2D eigenvalue weighted by atomic mass is 32.2. The van der Waals surface area contributed by atoms with Gasteiger partial charge in [0.15, 0.2) is 16.4 Å². The maximum absolute atomic E-state index is 12.5. The van der Waals surface area contributed by atoms with Gasteiger partial charge in [0.05, 0.1) is 29.2 Å². The smallest absolute Gasteiger partial charge is 0.340 e. The molecule has 2 rings (SSSR count). The predicted molar refractivity (Wildman–Crippen MR) is 106 cm³/mol. The lowest BCUT2D eigenvalue weighted by molar-refractivity contribution is 0.0472. The number of hydrogen-bond acceptors (Lipinski definition) is 7. The van der Waals surface area contributed by atoms with E-state index in [0.717, 1.165) is 6.26 Å². The van der Waals surface area contributed by atoms with Crippen molar-refractivity contribution < 1.29 is 32.3 Å². The molecule has 8 nitrogen and oxygen atoms in total. The highest BCUT2D eigenvalue weighted by Gasteiger charge is 2.23. The topological polar surface area (TPSA) is 120 Å². The number of carbonyl (C=O) groups excluding carboxylic acids is 3. The van der Waals surface area contributed by atoms with Crippen LogP contribution in [0.4, 0.5) is 0 Å². The van der Waals surface area contributed by atoms with E-state index in [1.54, 1.807) is 32.9 Å². The van der Waals surface area contributed by atoms with E-state index in [-0.39, 0.29) is 29.2 Å². The van der Waals surface area contributed by atoms with Crippen LogP contribution in [0, 0.1) is 13.8 Å². The summed E-state index contributed by atoms with van der Waals surface area (Å²) >= 11 is 0. The third-order valence-electron chi connectivity index (χ3n) is 4.12. The van der Waals surface area contributed by atoms with Gasteiger partial charge in [0.25, 0.3) is 0 Å². The van der Waals surface area contributed by atoms with Crippen LogP contribution in [0.1, 0.15) is 54.9 Å². The molecule has 1 N–H and O–H groups in total. The van der Waals surface area contributed by atoms with Crippen molar-refractivity contribution in [3.05, 3.63) is 57.9 Å². The number of benzene rings is 1. The summed E-state index contributed by atoms with van der Waals surface area (Å²) in [5, 5.41) is 0. The SMILES string of the molecule is CCOC(=O)c1c(C)[nH]c(C(=O)COC(=O)c2cccc(CS(C)(=O)=O)c2)c1C. The van der Waals surface area contributed by atoms with Crippen LogP contribution in [0.3, 0.4) is 0 Å². The number of carbonyl (C=O) groups is 3. The van der Waals surface area contributed by atoms with Crippen LogP contribution >= 0.6 is 0 Å². The molecule has 0 atom stereocenters. The molecule has 0 radical (unpaired) electrons. The maximum Gasteiger partial charge on any atom is 0.340 e. The minimum atomic E-state index is -3.25. The van der Waals surface area contributed by atoms with Crippen LogP contribution in [-0.4, -0.2) is 50.6 Å². The van der Waals surface area contributed by atoms with E-state index in [9.17, 15) is 22.8 Å². The summed E-state index contributed by atoms with van der Waals surface area (Å²) in [6.07, 6.45) is 1.10. The number of ketones is 1. The molecule has 0 saturated heterocycles. The molecule has 29 heavy (non-hydrogen) atoms. The molecule has 0 aliphatic carbocycles. The van der Waals surface area contributed by atoms with Gasteiger partial charge >= 0.3 is 11.9 Å². The van der Waals surface area contributed by atoms with E-state index < -0.39 is 34.2 Å². The number of Topliss-reactive ketones (excluding diaryl/α,β-unsaturated/α-hetero) is 1. The van der Waals surface area contributed by atoms with Crippen LogP contribution in [0.2, 0.25) is 0 Å². The van der Waals surface area contributed by atoms with Crippen molar-refractivity contribution in [2.45, 2.75) is 26.5 Å². The Kier molecular flexibility index (Phi) is 6.97. The van der Waals surface area contributed by atoms with Gasteiger partial charge in [-0.25, -0.2) is 18.0 Å². The van der Waals surface area contributed by atoms with Crippen molar-refractivity contribution in [3.63, 3.8) is 0 Å². The van der Waals surface area contributed by atoms with Gasteiger partial charge in [-0.2, -0.15) is 0 Å². The summed E-state index contributed by atoms with van der Waals surface area (Å²) in [5.41, 5.74) is 1.97. The van der Waals surface area contributed by atoms with Crippen molar-refractivity contribution in [1.82, 2.24) is 4.98 Å². The van der Waals surface area contributed by atoms with Crippen molar-refractivity contribution in [3.8, 4) is 0 Å². The third kappa shape index (κ3) is 5.77. The fraction of sp³-hybridized carbons (Fsp3) is 0.350. The first-order valence-electron chi connectivity index (χ1n) is 8.86. The van der Waals surface area contributed by atoms with Gasteiger partial charge in [0.1, 0.15) is 0 Å². The van der Waals surface area contributed by atoms with E-state index in [1.165, 1.54) is 12.1 Å². The number of ether oxygens (including phenoxy) is 2. The predicted octanol–water partition coefficient (Wildman–Crippen LogP) is 2.39. The van der Waals surface area contributed by atoms with Gasteiger partial charge < -0.3 is 14.5 Å². The van der Waals surface area contributed by atoms with Crippen molar-refractivity contribution in [2.24, 2.45) is 0 Å². The lowest BCUT2D eigenvalue weighted by Crippen LogP contribution is -2.16. The molecule has 0 amide bonds. The van der Waals surface area contributed by atoms with E-state index >= 15 is 0 Å². The second-order valence-electron chi connectivity index (χ2n) is 6.62. The Balaban J connectivity index is 2.10. The van der Waals surface area contributed by atoms with Gasteiger partial charge in [0, 0.05) is 11.9 Å². The van der Waals surface area contributed by atoms with E-state index in [4.69, 9.17) is 9.47 Å². The Morgan fingerprint density at radius 3 is 2.38 bits per heavy atom. The van der Waals surface area contributed by atoms with Gasteiger partial charge in [-0.1, -0.05) is 12.1 Å². The zero-order valence-corrected chi connectivity index (χ0v) is 17.5. The van der Waals surface area contributed by atoms with Crippen molar-refractivity contribution in [1.29, 1.82) is 0 Å². The number of aromatic nitrogens is 1. The molecule has 0 fully saturated rings. The normalized spacial score (nSPS) is 11.2. The molecule has 0 spiro atoms. The Labute approximate surface area is 169 Å². The summed E-state index contributed by atoms with van der Waals surface area (Å²) in [4.78, 5) is 39.6. The Hall–Kier alpha value is -2.94. The van der Waals surface area contributed by atoms with Crippen LogP contribution in [-0.2, 0) is 25.1 Å². The minimum Gasteiger partial charge on any atom is -0.462 e. The first-order valence-corrected chi connectivity index (χ1v) is 10.9. The van der Waals surface area contributed by atoms with E-state index in [1.807, 2.05) is 0 Å². The Bertz CT molecular complexity index is 1050. The number of nitrogens with one attached hydrogen (secondary N) is 1.